The van der Waals surface area contributed by atoms with Gasteiger partial charge in [0, 0.05) is 24.8 Å². The molecule has 0 aliphatic heterocycles. The van der Waals surface area contributed by atoms with Crippen LogP contribution in [0.3, 0.4) is 0 Å². The van der Waals surface area contributed by atoms with Crippen molar-refractivity contribution in [3.63, 3.8) is 0 Å². The van der Waals surface area contributed by atoms with E-state index < -0.39 is 11.7 Å². The first-order valence-corrected chi connectivity index (χ1v) is 6.53. The lowest BCUT2D eigenvalue weighted by atomic mass is 9.97. The maximum absolute atomic E-state index is 13.0. The number of halogens is 4. The average Bonchev–Trinajstić information content (AvgIpc) is 2.62. The highest BCUT2D eigenvalue weighted by Gasteiger charge is 2.39. The van der Waals surface area contributed by atoms with E-state index in [1.165, 1.54) is 18.2 Å². The van der Waals surface area contributed by atoms with E-state index in [9.17, 15) is 18.0 Å². The maximum Gasteiger partial charge on any atom is 0.248 e. The fraction of sp³-hybridized carbons (Fsp3) is 0.462. The number of ketones is 1. The van der Waals surface area contributed by atoms with Crippen LogP contribution in [0.2, 0.25) is 0 Å². The van der Waals surface area contributed by atoms with E-state index in [1.807, 2.05) is 0 Å². The molecule has 5 heteroatoms. The molecule has 0 spiro atoms. The summed E-state index contributed by atoms with van der Waals surface area (Å²) in [5, 5.41) is 0. The third-order valence-corrected chi connectivity index (χ3v) is 3.83. The fourth-order valence-corrected chi connectivity index (χ4v) is 2.64. The summed E-state index contributed by atoms with van der Waals surface area (Å²) in [6.07, 6.45) is 0.119. The number of alkyl halides is 2. The minimum atomic E-state index is -2.63. The van der Waals surface area contributed by atoms with Crippen molar-refractivity contribution in [1.29, 1.82) is 0 Å². The van der Waals surface area contributed by atoms with Crippen molar-refractivity contribution in [2.24, 2.45) is 5.92 Å². The number of rotatable bonds is 3. The molecular weight excluding hydrogens is 309 g/mol. The second kappa shape index (κ2) is 5.03. The molecule has 0 bridgehead atoms. The van der Waals surface area contributed by atoms with Crippen LogP contribution in [0.5, 0.6) is 0 Å². The van der Waals surface area contributed by atoms with Crippen LogP contribution in [0.1, 0.15) is 36.0 Å². The number of carbonyl (C=O) groups is 1. The van der Waals surface area contributed by atoms with Crippen LogP contribution in [0.4, 0.5) is 13.2 Å². The number of hydrogen-bond acceptors (Lipinski definition) is 1. The van der Waals surface area contributed by atoms with Gasteiger partial charge in [-0.3, -0.25) is 4.79 Å². The van der Waals surface area contributed by atoms with E-state index in [1.54, 1.807) is 0 Å². The smallest absolute Gasteiger partial charge is 0.248 e. The molecule has 1 aliphatic rings. The quantitative estimate of drug-likeness (QED) is 0.744. The van der Waals surface area contributed by atoms with Crippen LogP contribution in [0.15, 0.2) is 22.7 Å². The highest BCUT2D eigenvalue weighted by atomic mass is 79.9. The van der Waals surface area contributed by atoms with Crippen LogP contribution in [-0.4, -0.2) is 11.7 Å². The Morgan fingerprint density at radius 1 is 1.44 bits per heavy atom. The second-order valence-electron chi connectivity index (χ2n) is 4.72. The SMILES string of the molecule is O=C(CC1CCC(F)(F)C1)c1ccc(F)c(Br)c1. The Labute approximate surface area is 112 Å². The first-order chi connectivity index (χ1) is 8.37. The van der Waals surface area contributed by atoms with E-state index in [0.717, 1.165) is 0 Å². The van der Waals surface area contributed by atoms with Crippen LogP contribution in [-0.2, 0) is 0 Å². The minimum Gasteiger partial charge on any atom is -0.294 e. The first-order valence-electron chi connectivity index (χ1n) is 5.73. The molecule has 1 saturated carbocycles. The maximum atomic E-state index is 13.0. The summed E-state index contributed by atoms with van der Waals surface area (Å²) in [4.78, 5) is 11.9. The molecule has 0 heterocycles. The van der Waals surface area contributed by atoms with Gasteiger partial charge in [-0.1, -0.05) is 0 Å². The molecule has 1 aliphatic carbocycles. The van der Waals surface area contributed by atoms with Gasteiger partial charge in [-0.15, -0.1) is 0 Å². The molecule has 2 rings (SSSR count). The fourth-order valence-electron chi connectivity index (χ4n) is 2.27. The molecule has 0 radical (unpaired) electrons. The molecule has 0 aromatic heterocycles. The van der Waals surface area contributed by atoms with Crippen molar-refractivity contribution in [2.75, 3.05) is 0 Å². The van der Waals surface area contributed by atoms with Gasteiger partial charge in [0.25, 0.3) is 0 Å². The third-order valence-electron chi connectivity index (χ3n) is 3.22. The number of benzene rings is 1. The number of Topliss-reactive ketones (excluding diaryl/α,β-unsaturated/α-hetero) is 1. The Hall–Kier alpha value is -0.840. The molecular formula is C13H12BrF3O. The zero-order valence-electron chi connectivity index (χ0n) is 9.56. The molecule has 0 saturated heterocycles. The van der Waals surface area contributed by atoms with Crippen LogP contribution in [0, 0.1) is 11.7 Å². The molecule has 1 unspecified atom stereocenters. The van der Waals surface area contributed by atoms with Gasteiger partial charge in [0.1, 0.15) is 5.82 Å². The van der Waals surface area contributed by atoms with E-state index >= 15 is 0 Å². The molecule has 1 fully saturated rings. The van der Waals surface area contributed by atoms with Crippen molar-refractivity contribution < 1.29 is 18.0 Å². The van der Waals surface area contributed by atoms with Crippen molar-refractivity contribution in [3.8, 4) is 0 Å². The highest BCUT2D eigenvalue weighted by Crippen LogP contribution is 2.40. The summed E-state index contributed by atoms with van der Waals surface area (Å²) in [6.45, 7) is 0. The Morgan fingerprint density at radius 3 is 2.72 bits per heavy atom. The topological polar surface area (TPSA) is 17.1 Å². The molecule has 18 heavy (non-hydrogen) atoms. The predicted octanol–water partition coefficient (Wildman–Crippen LogP) is 4.60. The Bertz CT molecular complexity index is 473. The van der Waals surface area contributed by atoms with Crippen molar-refractivity contribution in [2.45, 2.75) is 31.6 Å². The summed E-state index contributed by atoms with van der Waals surface area (Å²) in [5.41, 5.74) is 0.360. The molecule has 98 valence electrons. The van der Waals surface area contributed by atoms with Crippen molar-refractivity contribution >= 4 is 21.7 Å². The van der Waals surface area contributed by atoms with Gasteiger partial charge in [-0.2, -0.15) is 0 Å². The third kappa shape index (κ3) is 3.13. The number of carbonyl (C=O) groups excluding carboxylic acids is 1. The minimum absolute atomic E-state index is 0.105. The monoisotopic (exact) mass is 320 g/mol. The first kappa shape index (κ1) is 13.6. The van der Waals surface area contributed by atoms with Gasteiger partial charge in [0.05, 0.1) is 4.47 Å². The van der Waals surface area contributed by atoms with Gasteiger partial charge in [0.2, 0.25) is 5.92 Å². The van der Waals surface area contributed by atoms with E-state index in [-0.39, 0.29) is 35.4 Å². The lowest BCUT2D eigenvalue weighted by molar-refractivity contribution is 0.00497. The summed E-state index contributed by atoms with van der Waals surface area (Å²) in [5.74, 6) is -3.55. The predicted molar refractivity (Wildman–Crippen MR) is 65.3 cm³/mol. The zero-order valence-corrected chi connectivity index (χ0v) is 11.1. The summed E-state index contributed by atoms with van der Waals surface area (Å²) >= 11 is 3.00. The largest absolute Gasteiger partial charge is 0.294 e. The van der Waals surface area contributed by atoms with Gasteiger partial charge < -0.3 is 0 Å². The van der Waals surface area contributed by atoms with Gasteiger partial charge in [-0.05, 0) is 46.5 Å². The number of hydrogen-bond donors (Lipinski definition) is 0. The standard InChI is InChI=1S/C13H12BrF3O/c14-10-6-9(1-2-11(10)15)12(18)5-8-3-4-13(16,17)7-8/h1-2,6,8H,3-5,7H2. The van der Waals surface area contributed by atoms with Gasteiger partial charge in [-0.25, -0.2) is 13.2 Å². The summed E-state index contributed by atoms with van der Waals surface area (Å²) < 4.78 is 39.2. The lowest BCUT2D eigenvalue weighted by Gasteiger charge is -2.10. The summed E-state index contributed by atoms with van der Waals surface area (Å²) in [7, 11) is 0. The Morgan fingerprint density at radius 2 is 2.17 bits per heavy atom. The Balaban J connectivity index is 2.02. The van der Waals surface area contributed by atoms with E-state index in [4.69, 9.17) is 0 Å². The Kier molecular flexibility index (Phi) is 3.80. The normalized spacial score (nSPS) is 22.1. The van der Waals surface area contributed by atoms with Crippen molar-refractivity contribution in [1.82, 2.24) is 0 Å². The van der Waals surface area contributed by atoms with Crippen LogP contribution in [0.25, 0.3) is 0 Å². The van der Waals surface area contributed by atoms with E-state index in [2.05, 4.69) is 15.9 Å². The second-order valence-corrected chi connectivity index (χ2v) is 5.58. The van der Waals surface area contributed by atoms with Crippen LogP contribution < -0.4 is 0 Å². The summed E-state index contributed by atoms with van der Waals surface area (Å²) in [6, 6.07) is 3.97. The van der Waals surface area contributed by atoms with Crippen molar-refractivity contribution in [3.05, 3.63) is 34.1 Å². The van der Waals surface area contributed by atoms with Gasteiger partial charge in [0.15, 0.2) is 5.78 Å². The molecule has 1 atom stereocenters. The van der Waals surface area contributed by atoms with E-state index in [0.29, 0.717) is 12.0 Å². The molecule has 0 N–H and O–H groups in total. The molecule has 1 nitrogen and oxygen atoms in total. The molecule has 1 aromatic rings. The van der Waals surface area contributed by atoms with Gasteiger partial charge >= 0.3 is 0 Å². The lowest BCUT2D eigenvalue weighted by Crippen LogP contribution is -2.12. The van der Waals surface area contributed by atoms with Crippen LogP contribution >= 0.6 is 15.9 Å². The molecule has 1 aromatic carbocycles. The molecule has 0 amide bonds. The zero-order chi connectivity index (χ0) is 13.3. The highest BCUT2D eigenvalue weighted by molar-refractivity contribution is 9.10. The average molecular weight is 321 g/mol.